The number of carbonyl (C=O) groups is 3. The number of hydrogen-bond acceptors (Lipinski definition) is 5. The van der Waals surface area contributed by atoms with E-state index in [9.17, 15) is 14.4 Å². The highest BCUT2D eigenvalue weighted by molar-refractivity contribution is 6.02. The van der Waals surface area contributed by atoms with Crippen LogP contribution in [-0.2, 0) is 16.1 Å². The molecule has 2 heterocycles. The van der Waals surface area contributed by atoms with Crippen molar-refractivity contribution in [3.8, 4) is 0 Å². The van der Waals surface area contributed by atoms with Crippen LogP contribution in [0.25, 0.3) is 0 Å². The molecule has 0 radical (unpaired) electrons. The molecular formula is C30H27N3O5. The van der Waals surface area contributed by atoms with Gasteiger partial charge in [0, 0.05) is 5.69 Å². The molecule has 8 nitrogen and oxygen atoms in total. The quantitative estimate of drug-likeness (QED) is 0.328. The lowest BCUT2D eigenvalue weighted by atomic mass is 9.99. The standard InChI is InChI=1S/C30H27N3O5/c1-20(22-11-6-3-7-12-22)31-29(35)26-27(38-30(36)33(26)19-21-9-4-2-5-10-21)23-14-16-24(17-15-23)32-28(34)25-13-8-18-37-25/h2-18,20,26-27H,19H2,1H3,(H,31,35)(H,32,34). The summed E-state index contributed by atoms with van der Waals surface area (Å²) in [4.78, 5) is 40.4. The molecule has 4 aromatic rings. The molecule has 3 atom stereocenters. The van der Waals surface area contributed by atoms with Crippen molar-refractivity contribution in [2.45, 2.75) is 31.7 Å². The van der Waals surface area contributed by atoms with Crippen molar-refractivity contribution >= 4 is 23.6 Å². The van der Waals surface area contributed by atoms with Gasteiger partial charge in [-0.3, -0.25) is 14.5 Å². The van der Waals surface area contributed by atoms with E-state index in [-0.39, 0.29) is 30.2 Å². The van der Waals surface area contributed by atoms with Crippen LogP contribution in [-0.4, -0.2) is 28.8 Å². The van der Waals surface area contributed by atoms with Crippen LogP contribution in [0, 0.1) is 0 Å². The van der Waals surface area contributed by atoms with Crippen LogP contribution in [0.4, 0.5) is 10.5 Å². The fourth-order valence-electron chi connectivity index (χ4n) is 4.47. The SMILES string of the molecule is CC(NC(=O)C1C(c2ccc(NC(=O)c3ccco3)cc2)OC(=O)N1Cc1ccccc1)c1ccccc1. The molecule has 5 rings (SSSR count). The van der Waals surface area contributed by atoms with E-state index in [1.807, 2.05) is 67.6 Å². The molecule has 3 amide bonds. The first-order valence-corrected chi connectivity index (χ1v) is 12.3. The summed E-state index contributed by atoms with van der Waals surface area (Å²) in [5.74, 6) is -0.501. The summed E-state index contributed by atoms with van der Waals surface area (Å²) in [6, 6.07) is 28.0. The van der Waals surface area contributed by atoms with E-state index in [4.69, 9.17) is 9.15 Å². The second-order valence-electron chi connectivity index (χ2n) is 9.06. The van der Waals surface area contributed by atoms with Gasteiger partial charge in [0.1, 0.15) is 0 Å². The van der Waals surface area contributed by atoms with Crippen LogP contribution in [0.2, 0.25) is 0 Å². The lowest BCUT2D eigenvalue weighted by molar-refractivity contribution is -0.127. The predicted octanol–water partition coefficient (Wildman–Crippen LogP) is 5.47. The number of amides is 3. The maximum absolute atomic E-state index is 13.7. The van der Waals surface area contributed by atoms with Crippen molar-refractivity contribution in [1.29, 1.82) is 0 Å². The van der Waals surface area contributed by atoms with E-state index < -0.39 is 18.2 Å². The Morgan fingerprint density at radius 2 is 1.58 bits per heavy atom. The minimum absolute atomic E-state index is 0.194. The van der Waals surface area contributed by atoms with Crippen molar-refractivity contribution in [3.05, 3.63) is 126 Å². The van der Waals surface area contributed by atoms with E-state index in [0.717, 1.165) is 11.1 Å². The average Bonchev–Trinajstić information content (AvgIpc) is 3.59. The Bertz CT molecular complexity index is 1390. The van der Waals surface area contributed by atoms with Crippen LogP contribution >= 0.6 is 0 Å². The Morgan fingerprint density at radius 3 is 2.24 bits per heavy atom. The maximum atomic E-state index is 13.7. The first kappa shape index (κ1) is 24.8. The topological polar surface area (TPSA) is 101 Å². The van der Waals surface area contributed by atoms with Gasteiger partial charge in [-0.25, -0.2) is 4.79 Å². The molecule has 1 aromatic heterocycles. The number of benzene rings is 3. The lowest BCUT2D eigenvalue weighted by Gasteiger charge is -2.26. The normalized spacial score (nSPS) is 17.5. The zero-order valence-electron chi connectivity index (χ0n) is 20.7. The van der Waals surface area contributed by atoms with Crippen molar-refractivity contribution in [2.75, 3.05) is 5.32 Å². The van der Waals surface area contributed by atoms with Gasteiger partial charge in [0.25, 0.3) is 5.91 Å². The summed E-state index contributed by atoms with van der Waals surface area (Å²) in [5, 5.41) is 5.81. The highest BCUT2D eigenvalue weighted by atomic mass is 16.6. The molecule has 1 aliphatic heterocycles. The third kappa shape index (κ3) is 5.44. The number of anilines is 1. The maximum Gasteiger partial charge on any atom is 0.411 e. The van der Waals surface area contributed by atoms with Gasteiger partial charge in [0.15, 0.2) is 17.9 Å². The number of carbonyl (C=O) groups excluding carboxylic acids is 3. The van der Waals surface area contributed by atoms with Crippen LogP contribution in [0.3, 0.4) is 0 Å². The number of nitrogens with one attached hydrogen (secondary N) is 2. The molecule has 0 spiro atoms. The van der Waals surface area contributed by atoms with Crippen LogP contribution < -0.4 is 10.6 Å². The first-order valence-electron chi connectivity index (χ1n) is 12.3. The van der Waals surface area contributed by atoms with Gasteiger partial charge in [-0.2, -0.15) is 0 Å². The molecule has 1 aliphatic rings. The van der Waals surface area contributed by atoms with Gasteiger partial charge >= 0.3 is 6.09 Å². The summed E-state index contributed by atoms with van der Waals surface area (Å²) < 4.78 is 10.9. The first-order chi connectivity index (χ1) is 18.5. The smallest absolute Gasteiger partial charge is 0.411 e. The van der Waals surface area contributed by atoms with Crippen molar-refractivity contribution in [3.63, 3.8) is 0 Å². The van der Waals surface area contributed by atoms with E-state index in [1.54, 1.807) is 36.4 Å². The molecule has 3 unspecified atom stereocenters. The van der Waals surface area contributed by atoms with E-state index in [1.165, 1.54) is 11.2 Å². The number of ether oxygens (including phenoxy) is 1. The Kier molecular flexibility index (Phi) is 7.21. The number of nitrogens with zero attached hydrogens (tertiary/aromatic N) is 1. The van der Waals surface area contributed by atoms with E-state index in [2.05, 4.69) is 10.6 Å². The molecule has 0 bridgehead atoms. The average molecular weight is 510 g/mol. The summed E-state index contributed by atoms with van der Waals surface area (Å²) in [6.45, 7) is 2.13. The molecule has 192 valence electrons. The summed E-state index contributed by atoms with van der Waals surface area (Å²) in [6.07, 6.45) is 0.0305. The summed E-state index contributed by atoms with van der Waals surface area (Å²) in [7, 11) is 0. The van der Waals surface area contributed by atoms with Crippen molar-refractivity contribution in [2.24, 2.45) is 0 Å². The van der Waals surface area contributed by atoms with Gasteiger partial charge in [-0.1, -0.05) is 72.8 Å². The number of furan rings is 1. The van der Waals surface area contributed by atoms with Gasteiger partial charge < -0.3 is 19.8 Å². The minimum Gasteiger partial charge on any atom is -0.459 e. The molecule has 1 fully saturated rings. The Labute approximate surface area is 220 Å². The molecule has 0 saturated carbocycles. The molecule has 38 heavy (non-hydrogen) atoms. The second-order valence-corrected chi connectivity index (χ2v) is 9.06. The Morgan fingerprint density at radius 1 is 0.895 bits per heavy atom. The van der Waals surface area contributed by atoms with Crippen LogP contribution in [0.15, 0.2) is 108 Å². The van der Waals surface area contributed by atoms with E-state index in [0.29, 0.717) is 11.3 Å². The lowest BCUT2D eigenvalue weighted by Crippen LogP contribution is -2.46. The number of hydrogen-bond donors (Lipinski definition) is 2. The molecule has 3 aromatic carbocycles. The molecule has 2 N–H and O–H groups in total. The van der Waals surface area contributed by atoms with Crippen LogP contribution in [0.1, 0.15) is 46.3 Å². The van der Waals surface area contributed by atoms with Gasteiger partial charge in [0.2, 0.25) is 5.91 Å². The Hall–Kier alpha value is -4.85. The second kappa shape index (κ2) is 11.0. The fourth-order valence-corrected chi connectivity index (χ4v) is 4.47. The van der Waals surface area contributed by atoms with Gasteiger partial charge in [0.05, 0.1) is 18.8 Å². The third-order valence-electron chi connectivity index (χ3n) is 6.45. The Balaban J connectivity index is 1.38. The summed E-state index contributed by atoms with van der Waals surface area (Å²) in [5.41, 5.74) is 3.01. The monoisotopic (exact) mass is 509 g/mol. The van der Waals surface area contributed by atoms with Gasteiger partial charge in [-0.05, 0) is 47.9 Å². The molecule has 1 saturated heterocycles. The largest absolute Gasteiger partial charge is 0.459 e. The zero-order chi connectivity index (χ0) is 26.5. The number of cyclic esters (lactones) is 1. The highest BCUT2D eigenvalue weighted by Gasteiger charge is 2.47. The summed E-state index contributed by atoms with van der Waals surface area (Å²) >= 11 is 0. The van der Waals surface area contributed by atoms with Crippen molar-refractivity contribution < 1.29 is 23.5 Å². The third-order valence-corrected chi connectivity index (χ3v) is 6.45. The number of rotatable bonds is 8. The van der Waals surface area contributed by atoms with Crippen LogP contribution in [0.5, 0.6) is 0 Å². The van der Waals surface area contributed by atoms with Gasteiger partial charge in [-0.15, -0.1) is 0 Å². The highest BCUT2D eigenvalue weighted by Crippen LogP contribution is 2.35. The van der Waals surface area contributed by atoms with E-state index >= 15 is 0 Å². The fraction of sp³-hybridized carbons (Fsp3) is 0.167. The molecular weight excluding hydrogens is 482 g/mol. The predicted molar refractivity (Wildman–Crippen MR) is 141 cm³/mol. The zero-order valence-corrected chi connectivity index (χ0v) is 20.7. The minimum atomic E-state index is -0.891. The molecule has 8 heteroatoms. The molecule has 0 aliphatic carbocycles. The van der Waals surface area contributed by atoms with Crippen molar-refractivity contribution in [1.82, 2.24) is 10.2 Å².